The van der Waals surface area contributed by atoms with E-state index in [1.54, 1.807) is 0 Å². The second-order valence-electron chi connectivity index (χ2n) is 10.8. The first-order valence-electron chi connectivity index (χ1n) is 20.1. The Morgan fingerprint density at radius 2 is 0.889 bits per heavy atom. The van der Waals surface area contributed by atoms with Crippen molar-refractivity contribution in [2.24, 2.45) is 0 Å². The lowest BCUT2D eigenvalue weighted by Gasteiger charge is -2.19. The molecule has 0 aliphatic carbocycles. The molecule has 0 N–H and O–H groups in total. The van der Waals surface area contributed by atoms with Crippen LogP contribution in [-0.4, -0.2) is 0 Å². The number of para-hydroxylation sites is 1. The van der Waals surface area contributed by atoms with Gasteiger partial charge in [0.1, 0.15) is 11.2 Å². The van der Waals surface area contributed by atoms with E-state index in [1.165, 1.54) is 0 Å². The lowest BCUT2D eigenvalue weighted by molar-refractivity contribution is 0.669. The molecule has 0 saturated carbocycles. The fourth-order valence-electron chi connectivity index (χ4n) is 6.25. The zero-order chi connectivity index (χ0) is 39.3. The Hall–Kier alpha value is -5.92. The number of fused-ring (bicyclic) bond motifs is 5. The maximum absolute atomic E-state index is 9.47. The molecule has 210 valence electrons. The third-order valence-corrected chi connectivity index (χ3v) is 8.22. The van der Waals surface area contributed by atoms with E-state index < -0.39 is 66.5 Å². The molecule has 8 aromatic carbocycles. The van der Waals surface area contributed by atoms with E-state index in [-0.39, 0.29) is 38.6 Å². The zero-order valence-corrected chi connectivity index (χ0v) is 23.7. The molecule has 1 nitrogen and oxygen atoms in total. The summed E-state index contributed by atoms with van der Waals surface area (Å²) in [5.74, 6) is 0. The lowest BCUT2D eigenvalue weighted by Crippen LogP contribution is -1.92. The van der Waals surface area contributed by atoms with Gasteiger partial charge < -0.3 is 4.42 Å². The van der Waals surface area contributed by atoms with Crippen molar-refractivity contribution in [3.05, 3.63) is 170 Å². The molecule has 9 rings (SSSR count). The third-order valence-electron chi connectivity index (χ3n) is 8.22. The van der Waals surface area contributed by atoms with Crippen LogP contribution in [0, 0.1) is 0 Å². The van der Waals surface area contributed by atoms with E-state index in [0.717, 1.165) is 33.0 Å². The van der Waals surface area contributed by atoms with E-state index >= 15 is 0 Å². The number of hydrogen-bond acceptors (Lipinski definition) is 1. The van der Waals surface area contributed by atoms with Crippen LogP contribution in [0.3, 0.4) is 0 Å². The van der Waals surface area contributed by atoms with Gasteiger partial charge in [-0.15, -0.1) is 0 Å². The first-order valence-corrected chi connectivity index (χ1v) is 14.6. The maximum atomic E-state index is 9.47. The van der Waals surface area contributed by atoms with Crippen LogP contribution in [0.5, 0.6) is 0 Å². The van der Waals surface area contributed by atoms with Gasteiger partial charge in [0.25, 0.3) is 0 Å². The average Bonchev–Trinajstić information content (AvgIpc) is 3.63. The molecule has 0 bridgehead atoms. The third kappa shape index (κ3) is 4.17. The Morgan fingerprint density at radius 1 is 0.356 bits per heavy atom. The van der Waals surface area contributed by atoms with Crippen LogP contribution in [0.4, 0.5) is 0 Å². The van der Waals surface area contributed by atoms with Gasteiger partial charge in [0, 0.05) is 10.8 Å². The molecule has 9 aromatic rings. The number of rotatable bonds is 4. The highest BCUT2D eigenvalue weighted by atomic mass is 16.3. The van der Waals surface area contributed by atoms with Crippen molar-refractivity contribution in [2.45, 2.75) is 0 Å². The summed E-state index contributed by atoms with van der Waals surface area (Å²) >= 11 is 0. The van der Waals surface area contributed by atoms with Crippen LogP contribution in [0.1, 0.15) is 15.1 Å². The number of hydrogen-bond donors (Lipinski definition) is 0. The summed E-state index contributed by atoms with van der Waals surface area (Å²) < 4.78 is 104. The predicted octanol–water partition coefficient (Wildman–Crippen LogP) is 12.6. The van der Waals surface area contributed by atoms with Crippen molar-refractivity contribution in [3.63, 3.8) is 0 Å². The molecule has 0 radical (unpaired) electrons. The Kier molecular flexibility index (Phi) is 3.87. The van der Waals surface area contributed by atoms with Crippen molar-refractivity contribution < 1.29 is 19.5 Å². The molecule has 1 heterocycles. The van der Waals surface area contributed by atoms with E-state index in [1.807, 2.05) is 78.9 Å². The van der Waals surface area contributed by atoms with Gasteiger partial charge in [-0.3, -0.25) is 0 Å². The minimum atomic E-state index is -0.595. The van der Waals surface area contributed by atoms with Crippen molar-refractivity contribution >= 4 is 43.5 Å². The molecular formula is C44H28O. The van der Waals surface area contributed by atoms with Crippen LogP contribution < -0.4 is 0 Å². The van der Waals surface area contributed by atoms with E-state index in [2.05, 4.69) is 24.3 Å². The zero-order valence-electron chi connectivity index (χ0n) is 34.7. The SMILES string of the molecule is [2H]c1c([2H])c(-c2c3ccccc3c(-c3ccccc3-c3ccccc3)c3ccccc23)c([2H])c([2H])c1-c1c([2H])c([2H])c2oc3c([2H])c([2H])c([2H])c([2H])c3c2c1[2H]. The van der Waals surface area contributed by atoms with E-state index in [4.69, 9.17) is 12.6 Å². The highest BCUT2D eigenvalue weighted by Crippen LogP contribution is 2.46. The molecule has 1 aromatic heterocycles. The van der Waals surface area contributed by atoms with E-state index in [9.17, 15) is 6.85 Å². The smallest absolute Gasteiger partial charge is 0.135 e. The van der Waals surface area contributed by atoms with Crippen LogP contribution in [0.15, 0.2) is 174 Å². The van der Waals surface area contributed by atoms with Crippen LogP contribution in [0.25, 0.3) is 88.0 Å². The van der Waals surface area contributed by atoms with Crippen molar-refractivity contribution in [1.82, 2.24) is 0 Å². The summed E-state index contributed by atoms with van der Waals surface area (Å²) in [4.78, 5) is 0. The molecule has 0 spiro atoms. The average molecular weight is 584 g/mol. The quantitative estimate of drug-likeness (QED) is 0.188. The van der Waals surface area contributed by atoms with E-state index in [0.29, 0.717) is 16.3 Å². The lowest BCUT2D eigenvalue weighted by atomic mass is 9.83. The summed E-state index contributed by atoms with van der Waals surface area (Å²) in [6.45, 7) is 0. The van der Waals surface area contributed by atoms with Crippen LogP contribution >= 0.6 is 0 Å². The Balaban J connectivity index is 1.36. The number of benzene rings is 8. The van der Waals surface area contributed by atoms with Crippen molar-refractivity contribution in [2.75, 3.05) is 0 Å². The maximum Gasteiger partial charge on any atom is 0.135 e. The largest absolute Gasteiger partial charge is 0.456 e. The molecule has 0 aliphatic rings. The van der Waals surface area contributed by atoms with Gasteiger partial charge in [0.2, 0.25) is 0 Å². The summed E-state index contributed by atoms with van der Waals surface area (Å²) in [6, 6.07) is 27.9. The fourth-order valence-corrected chi connectivity index (χ4v) is 6.25. The Labute approximate surface area is 277 Å². The molecule has 0 unspecified atom stereocenters. The Morgan fingerprint density at radius 3 is 1.60 bits per heavy atom. The molecule has 0 atom stereocenters. The Bertz CT molecular complexity index is 3070. The highest BCUT2D eigenvalue weighted by Gasteiger charge is 2.18. The molecule has 1 heteroatoms. The summed E-state index contributed by atoms with van der Waals surface area (Å²) in [5, 5.41) is 2.75. The minimum absolute atomic E-state index is 0.0344. The fraction of sp³-hybridized carbons (Fsp3) is 0. The second-order valence-corrected chi connectivity index (χ2v) is 10.8. The minimum Gasteiger partial charge on any atom is -0.456 e. The highest BCUT2D eigenvalue weighted by molar-refractivity contribution is 6.22. The summed E-state index contributed by atoms with van der Waals surface area (Å²) in [6.07, 6.45) is 0. The van der Waals surface area contributed by atoms with Gasteiger partial charge in [-0.1, -0.05) is 151 Å². The van der Waals surface area contributed by atoms with Gasteiger partial charge in [-0.2, -0.15) is 0 Å². The van der Waals surface area contributed by atoms with Gasteiger partial charge in [0.15, 0.2) is 0 Å². The van der Waals surface area contributed by atoms with Crippen LogP contribution in [0.2, 0.25) is 0 Å². The van der Waals surface area contributed by atoms with Gasteiger partial charge in [-0.05, 0) is 84.2 Å². The first kappa shape index (κ1) is 16.8. The second kappa shape index (κ2) is 10.4. The van der Waals surface area contributed by atoms with Gasteiger partial charge >= 0.3 is 0 Å². The number of furan rings is 1. The molecule has 0 fully saturated rings. The molecular weight excluding hydrogens is 544 g/mol. The van der Waals surface area contributed by atoms with Gasteiger partial charge in [0.05, 0.1) is 15.1 Å². The normalized spacial score (nSPS) is 15.0. The van der Waals surface area contributed by atoms with Gasteiger partial charge in [-0.25, -0.2) is 0 Å². The van der Waals surface area contributed by atoms with Crippen molar-refractivity contribution in [3.8, 4) is 44.5 Å². The molecule has 0 amide bonds. The predicted molar refractivity (Wildman–Crippen MR) is 190 cm³/mol. The molecule has 0 saturated heterocycles. The molecule has 0 aliphatic heterocycles. The molecule has 45 heavy (non-hydrogen) atoms. The summed E-state index contributed by atoms with van der Waals surface area (Å²) in [5.41, 5.74) is 3.19. The standard InChI is InChI=1S/C44H28O/c1-2-12-30(13-3-1)33-14-4-5-16-35(33)44-38-19-8-6-17-36(38)43(37-18-7-9-20-39(37)44)31-24-22-29(23-25-31)32-26-27-42-40(28-32)34-15-10-11-21-41(34)45-42/h1-28H/i10D,11D,15D,21D,22D,23D,24D,25D,26D,27D,28D. The summed E-state index contributed by atoms with van der Waals surface area (Å²) in [7, 11) is 0. The first-order chi connectivity index (χ1) is 26.9. The van der Waals surface area contributed by atoms with Crippen molar-refractivity contribution in [1.29, 1.82) is 0 Å². The monoisotopic (exact) mass is 583 g/mol. The van der Waals surface area contributed by atoms with Crippen LogP contribution in [-0.2, 0) is 0 Å². The topological polar surface area (TPSA) is 13.1 Å².